The largest absolute Gasteiger partial charge is 0.493 e. The summed E-state index contributed by atoms with van der Waals surface area (Å²) in [6, 6.07) is 14.4. The predicted octanol–water partition coefficient (Wildman–Crippen LogP) is 1.75. The molecule has 1 aliphatic heterocycles. The topological polar surface area (TPSA) is 100 Å². The summed E-state index contributed by atoms with van der Waals surface area (Å²) in [7, 11) is 1.52. The first-order chi connectivity index (χ1) is 16.0. The number of nitrogens with zero attached hydrogens (tertiary/aromatic N) is 2. The molecule has 0 radical (unpaired) electrons. The number of hydrogen-bond donors (Lipinski definition) is 2. The SMILES string of the molecule is CCOc1ccccc1C(=O)NCC(=O)N(C)CC(=O)Nc1ccc(N2CCOCC2)cc1. The van der Waals surface area contributed by atoms with Gasteiger partial charge in [-0.05, 0) is 43.3 Å². The van der Waals surface area contributed by atoms with Gasteiger partial charge in [0, 0.05) is 31.5 Å². The molecule has 1 fully saturated rings. The number of para-hydroxylation sites is 1. The van der Waals surface area contributed by atoms with Gasteiger partial charge in [0.1, 0.15) is 5.75 Å². The van der Waals surface area contributed by atoms with Crippen LogP contribution in [0.25, 0.3) is 0 Å². The summed E-state index contributed by atoms with van der Waals surface area (Å²) in [5.41, 5.74) is 2.08. The summed E-state index contributed by atoms with van der Waals surface area (Å²) in [4.78, 5) is 40.7. The van der Waals surface area contributed by atoms with E-state index in [-0.39, 0.29) is 24.9 Å². The Bertz CT molecular complexity index is 958. The van der Waals surface area contributed by atoms with Gasteiger partial charge in [-0.3, -0.25) is 14.4 Å². The lowest BCUT2D eigenvalue weighted by Crippen LogP contribution is -2.41. The van der Waals surface area contributed by atoms with Crippen LogP contribution in [0.2, 0.25) is 0 Å². The Morgan fingerprint density at radius 1 is 1.06 bits per heavy atom. The summed E-state index contributed by atoms with van der Waals surface area (Å²) in [6.07, 6.45) is 0. The molecule has 1 saturated heterocycles. The Balaban J connectivity index is 1.45. The molecule has 1 aliphatic rings. The first-order valence-corrected chi connectivity index (χ1v) is 10.9. The van der Waals surface area contributed by atoms with Crippen molar-refractivity contribution in [2.24, 2.45) is 0 Å². The molecule has 0 aliphatic carbocycles. The maximum atomic E-state index is 12.4. The normalized spacial score (nSPS) is 13.2. The predicted molar refractivity (Wildman–Crippen MR) is 126 cm³/mol. The molecule has 2 aromatic carbocycles. The van der Waals surface area contributed by atoms with Gasteiger partial charge in [-0.25, -0.2) is 0 Å². The van der Waals surface area contributed by atoms with Gasteiger partial charge in [0.2, 0.25) is 11.8 Å². The van der Waals surface area contributed by atoms with E-state index in [1.54, 1.807) is 24.3 Å². The zero-order valence-electron chi connectivity index (χ0n) is 19.0. The number of amides is 3. The average molecular weight is 455 g/mol. The maximum Gasteiger partial charge on any atom is 0.255 e. The third-order valence-corrected chi connectivity index (χ3v) is 5.17. The molecule has 33 heavy (non-hydrogen) atoms. The minimum Gasteiger partial charge on any atom is -0.493 e. The van der Waals surface area contributed by atoms with Crippen LogP contribution in [-0.4, -0.2) is 75.7 Å². The fourth-order valence-corrected chi connectivity index (χ4v) is 3.40. The van der Waals surface area contributed by atoms with Crippen molar-refractivity contribution in [3.8, 4) is 5.75 Å². The van der Waals surface area contributed by atoms with Crippen molar-refractivity contribution in [3.63, 3.8) is 0 Å². The quantitative estimate of drug-likeness (QED) is 0.599. The van der Waals surface area contributed by atoms with Crippen LogP contribution in [0.4, 0.5) is 11.4 Å². The molecule has 3 amide bonds. The van der Waals surface area contributed by atoms with Crippen LogP contribution < -0.4 is 20.3 Å². The van der Waals surface area contributed by atoms with E-state index < -0.39 is 5.91 Å². The van der Waals surface area contributed by atoms with E-state index in [1.807, 2.05) is 31.2 Å². The van der Waals surface area contributed by atoms with Crippen molar-refractivity contribution < 1.29 is 23.9 Å². The van der Waals surface area contributed by atoms with Crippen molar-refractivity contribution >= 4 is 29.1 Å². The smallest absolute Gasteiger partial charge is 0.255 e. The van der Waals surface area contributed by atoms with Crippen LogP contribution in [0.1, 0.15) is 17.3 Å². The number of rotatable bonds is 9. The van der Waals surface area contributed by atoms with E-state index in [0.717, 1.165) is 18.8 Å². The number of carbonyl (C=O) groups is 3. The molecule has 0 saturated carbocycles. The monoisotopic (exact) mass is 454 g/mol. The van der Waals surface area contributed by atoms with Crippen LogP contribution in [0.15, 0.2) is 48.5 Å². The Morgan fingerprint density at radius 2 is 1.76 bits per heavy atom. The highest BCUT2D eigenvalue weighted by Gasteiger charge is 2.17. The molecule has 0 spiro atoms. The van der Waals surface area contributed by atoms with Crippen LogP contribution in [-0.2, 0) is 14.3 Å². The second-order valence-electron chi connectivity index (χ2n) is 7.56. The third-order valence-electron chi connectivity index (χ3n) is 5.17. The highest BCUT2D eigenvalue weighted by atomic mass is 16.5. The molecule has 0 bridgehead atoms. The van der Waals surface area contributed by atoms with Crippen molar-refractivity contribution in [1.29, 1.82) is 0 Å². The highest BCUT2D eigenvalue weighted by molar-refractivity contribution is 5.99. The molecule has 2 aromatic rings. The summed E-state index contributed by atoms with van der Waals surface area (Å²) >= 11 is 0. The summed E-state index contributed by atoms with van der Waals surface area (Å²) in [5.74, 6) is -0.657. The van der Waals surface area contributed by atoms with Gasteiger partial charge < -0.3 is 29.9 Å². The van der Waals surface area contributed by atoms with E-state index in [0.29, 0.717) is 36.8 Å². The van der Waals surface area contributed by atoms with Crippen molar-refractivity contribution in [3.05, 3.63) is 54.1 Å². The number of ether oxygens (including phenoxy) is 2. The number of benzene rings is 2. The molecule has 1 heterocycles. The molecule has 9 heteroatoms. The summed E-state index contributed by atoms with van der Waals surface area (Å²) < 4.78 is 10.8. The first kappa shape index (κ1) is 24.1. The molecule has 0 aromatic heterocycles. The molecule has 3 rings (SSSR count). The summed E-state index contributed by atoms with van der Waals surface area (Å²) in [5, 5.41) is 5.37. The Kier molecular flexibility index (Phi) is 8.65. The van der Waals surface area contributed by atoms with Crippen molar-refractivity contribution in [1.82, 2.24) is 10.2 Å². The van der Waals surface area contributed by atoms with Crippen molar-refractivity contribution in [2.45, 2.75) is 6.92 Å². The lowest BCUT2D eigenvalue weighted by Gasteiger charge is -2.28. The number of hydrogen-bond acceptors (Lipinski definition) is 6. The third kappa shape index (κ3) is 6.95. The van der Waals surface area contributed by atoms with Crippen LogP contribution in [0.5, 0.6) is 5.75 Å². The molecule has 176 valence electrons. The van der Waals surface area contributed by atoms with E-state index in [1.165, 1.54) is 11.9 Å². The Labute approximate surface area is 193 Å². The van der Waals surface area contributed by atoms with E-state index >= 15 is 0 Å². The number of nitrogens with one attached hydrogen (secondary N) is 2. The number of morpholine rings is 1. The van der Waals surface area contributed by atoms with Gasteiger partial charge in [-0.1, -0.05) is 12.1 Å². The van der Waals surface area contributed by atoms with Gasteiger partial charge in [-0.15, -0.1) is 0 Å². The first-order valence-electron chi connectivity index (χ1n) is 10.9. The van der Waals surface area contributed by atoms with Crippen LogP contribution in [0.3, 0.4) is 0 Å². The molecule has 9 nitrogen and oxygen atoms in total. The molecular weight excluding hydrogens is 424 g/mol. The van der Waals surface area contributed by atoms with Gasteiger partial charge in [0.05, 0.1) is 38.5 Å². The van der Waals surface area contributed by atoms with Gasteiger partial charge in [0.15, 0.2) is 0 Å². The fourth-order valence-electron chi connectivity index (χ4n) is 3.40. The lowest BCUT2D eigenvalue weighted by molar-refractivity contribution is -0.132. The number of anilines is 2. The lowest BCUT2D eigenvalue weighted by atomic mass is 10.2. The van der Waals surface area contributed by atoms with Crippen LogP contribution in [0, 0.1) is 0 Å². The number of carbonyl (C=O) groups excluding carboxylic acids is 3. The van der Waals surface area contributed by atoms with Crippen LogP contribution >= 0.6 is 0 Å². The molecule has 0 unspecified atom stereocenters. The second kappa shape index (κ2) is 11.9. The zero-order chi connectivity index (χ0) is 23.6. The Hall–Kier alpha value is -3.59. The Morgan fingerprint density at radius 3 is 2.45 bits per heavy atom. The van der Waals surface area contributed by atoms with Gasteiger partial charge >= 0.3 is 0 Å². The number of likely N-dealkylation sites (N-methyl/N-ethyl adjacent to an activating group) is 1. The van der Waals surface area contributed by atoms with E-state index in [9.17, 15) is 14.4 Å². The molecule has 2 N–H and O–H groups in total. The van der Waals surface area contributed by atoms with E-state index in [4.69, 9.17) is 9.47 Å². The van der Waals surface area contributed by atoms with Gasteiger partial charge in [0.25, 0.3) is 5.91 Å². The standard InChI is InChI=1S/C24H30N4O5/c1-3-33-21-7-5-4-6-20(21)24(31)25-16-23(30)27(2)17-22(29)26-18-8-10-19(11-9-18)28-12-14-32-15-13-28/h4-11H,3,12-17H2,1-2H3,(H,25,31)(H,26,29). The molecule has 0 atom stereocenters. The van der Waals surface area contributed by atoms with E-state index in [2.05, 4.69) is 15.5 Å². The minimum atomic E-state index is -0.411. The zero-order valence-corrected chi connectivity index (χ0v) is 19.0. The maximum absolute atomic E-state index is 12.4. The molecular formula is C24H30N4O5. The fraction of sp³-hybridized carbons (Fsp3) is 0.375. The van der Waals surface area contributed by atoms with Gasteiger partial charge in [-0.2, -0.15) is 0 Å². The minimum absolute atomic E-state index is 0.130. The second-order valence-corrected chi connectivity index (χ2v) is 7.56. The summed E-state index contributed by atoms with van der Waals surface area (Å²) in [6.45, 7) is 5.00. The average Bonchev–Trinajstić information content (AvgIpc) is 2.83. The van der Waals surface area contributed by atoms with Crippen molar-refractivity contribution in [2.75, 3.05) is 63.3 Å². The highest BCUT2D eigenvalue weighted by Crippen LogP contribution is 2.19.